The number of carboxylic acid groups (broad SMARTS) is 1. The molecule has 1 heterocycles. The van der Waals surface area contributed by atoms with Crippen LogP contribution < -0.4 is 0 Å². The maximum Gasteiger partial charge on any atom is 0.306 e. The highest BCUT2D eigenvalue weighted by Gasteiger charge is 2.24. The van der Waals surface area contributed by atoms with E-state index in [-0.39, 0.29) is 12.5 Å². The summed E-state index contributed by atoms with van der Waals surface area (Å²) < 4.78 is 5.35. The molecular weight excluding hydrogens is 168 g/mol. The second kappa shape index (κ2) is 3.18. The topological polar surface area (TPSA) is 46.5 Å². The van der Waals surface area contributed by atoms with Gasteiger partial charge in [0, 0.05) is 0 Å². The predicted molar refractivity (Wildman–Crippen MR) is 46.2 cm³/mol. The van der Waals surface area contributed by atoms with Crippen LogP contribution in [0.1, 0.15) is 23.7 Å². The van der Waals surface area contributed by atoms with Gasteiger partial charge in [0.25, 0.3) is 0 Å². The molecule has 1 aromatic rings. The van der Waals surface area contributed by atoms with Gasteiger partial charge in [0.05, 0.1) is 19.1 Å². The minimum atomic E-state index is -0.818. The molecule has 0 aliphatic carbocycles. The van der Waals surface area contributed by atoms with Crippen LogP contribution in [0.4, 0.5) is 0 Å². The van der Waals surface area contributed by atoms with Crippen LogP contribution in [0.25, 0.3) is 0 Å². The van der Waals surface area contributed by atoms with Gasteiger partial charge in [0.15, 0.2) is 0 Å². The van der Waals surface area contributed by atoms with Crippen molar-refractivity contribution in [1.82, 2.24) is 0 Å². The first-order valence-corrected chi connectivity index (χ1v) is 4.18. The van der Waals surface area contributed by atoms with Crippen molar-refractivity contribution in [2.75, 3.05) is 0 Å². The summed E-state index contributed by atoms with van der Waals surface area (Å²) in [6.45, 7) is 0.536. The van der Waals surface area contributed by atoms with Gasteiger partial charge in [-0.2, -0.15) is 0 Å². The summed E-state index contributed by atoms with van der Waals surface area (Å²) in [4.78, 5) is 10.5. The predicted octanol–water partition coefficient (Wildman–Crippen LogP) is 1.73. The van der Waals surface area contributed by atoms with E-state index in [9.17, 15) is 4.79 Å². The van der Waals surface area contributed by atoms with E-state index < -0.39 is 5.97 Å². The Balaban J connectivity index is 2.23. The van der Waals surface area contributed by atoms with Gasteiger partial charge in [0.2, 0.25) is 0 Å². The summed E-state index contributed by atoms with van der Waals surface area (Å²) in [5, 5.41) is 8.62. The first-order valence-electron chi connectivity index (χ1n) is 4.18. The number of hydrogen-bond donors (Lipinski definition) is 1. The van der Waals surface area contributed by atoms with Crippen molar-refractivity contribution >= 4 is 5.97 Å². The molecule has 68 valence electrons. The van der Waals surface area contributed by atoms with Gasteiger partial charge in [-0.3, -0.25) is 4.79 Å². The lowest BCUT2D eigenvalue weighted by atomic mass is 10.0. The molecule has 0 aromatic heterocycles. The molecule has 0 fully saturated rings. The fraction of sp³-hybridized carbons (Fsp3) is 0.300. The monoisotopic (exact) mass is 178 g/mol. The van der Waals surface area contributed by atoms with Gasteiger partial charge in [0.1, 0.15) is 0 Å². The maximum absolute atomic E-state index is 10.5. The molecule has 1 aliphatic heterocycles. The zero-order valence-corrected chi connectivity index (χ0v) is 7.06. The highest BCUT2D eigenvalue weighted by Crippen LogP contribution is 2.32. The molecular formula is C10H10O3. The Morgan fingerprint density at radius 2 is 2.31 bits per heavy atom. The van der Waals surface area contributed by atoms with Crippen molar-refractivity contribution in [2.45, 2.75) is 19.1 Å². The molecule has 0 saturated heterocycles. The number of carboxylic acids is 1. The van der Waals surface area contributed by atoms with Crippen molar-refractivity contribution in [1.29, 1.82) is 0 Å². The number of rotatable bonds is 2. The van der Waals surface area contributed by atoms with Crippen molar-refractivity contribution in [2.24, 2.45) is 0 Å². The van der Waals surface area contributed by atoms with Gasteiger partial charge < -0.3 is 9.84 Å². The second-order valence-corrected chi connectivity index (χ2v) is 3.10. The van der Waals surface area contributed by atoms with Crippen molar-refractivity contribution in [3.05, 3.63) is 35.4 Å². The average molecular weight is 178 g/mol. The fourth-order valence-corrected chi connectivity index (χ4v) is 1.59. The lowest BCUT2D eigenvalue weighted by molar-refractivity contribution is -0.140. The molecule has 3 nitrogen and oxygen atoms in total. The van der Waals surface area contributed by atoms with E-state index in [1.54, 1.807) is 0 Å². The molecule has 0 bridgehead atoms. The van der Waals surface area contributed by atoms with Crippen LogP contribution in [0.3, 0.4) is 0 Å². The normalized spacial score (nSPS) is 19.8. The largest absolute Gasteiger partial charge is 0.481 e. The van der Waals surface area contributed by atoms with Gasteiger partial charge >= 0.3 is 5.97 Å². The number of benzene rings is 1. The minimum Gasteiger partial charge on any atom is -0.481 e. The van der Waals surface area contributed by atoms with Crippen LogP contribution in [-0.2, 0) is 16.1 Å². The van der Waals surface area contributed by atoms with E-state index >= 15 is 0 Å². The molecule has 0 radical (unpaired) electrons. The van der Waals surface area contributed by atoms with E-state index in [1.807, 2.05) is 24.3 Å². The van der Waals surface area contributed by atoms with Crippen molar-refractivity contribution in [3.8, 4) is 0 Å². The van der Waals surface area contributed by atoms with Gasteiger partial charge in [-0.25, -0.2) is 0 Å². The molecule has 1 aromatic carbocycles. The highest BCUT2D eigenvalue weighted by atomic mass is 16.5. The molecule has 1 aliphatic rings. The van der Waals surface area contributed by atoms with E-state index in [1.165, 1.54) is 0 Å². The maximum atomic E-state index is 10.5. The number of aliphatic carboxylic acids is 1. The fourth-order valence-electron chi connectivity index (χ4n) is 1.59. The number of carbonyl (C=O) groups is 1. The Bertz CT molecular complexity index is 333. The molecule has 0 unspecified atom stereocenters. The number of ether oxygens (including phenoxy) is 1. The summed E-state index contributed by atoms with van der Waals surface area (Å²) in [5.41, 5.74) is 2.12. The first kappa shape index (κ1) is 8.26. The summed E-state index contributed by atoms with van der Waals surface area (Å²) in [6.07, 6.45) is -0.203. The third kappa shape index (κ3) is 1.55. The molecule has 0 spiro atoms. The smallest absolute Gasteiger partial charge is 0.306 e. The van der Waals surface area contributed by atoms with Gasteiger partial charge in [-0.1, -0.05) is 24.3 Å². The van der Waals surface area contributed by atoms with Crippen LogP contribution in [-0.4, -0.2) is 11.1 Å². The molecule has 2 rings (SSSR count). The van der Waals surface area contributed by atoms with Crippen LogP contribution in [0.2, 0.25) is 0 Å². The van der Waals surface area contributed by atoms with E-state index in [0.29, 0.717) is 6.61 Å². The quantitative estimate of drug-likeness (QED) is 0.750. The number of hydrogen-bond acceptors (Lipinski definition) is 2. The lowest BCUT2D eigenvalue weighted by Crippen LogP contribution is -2.04. The molecule has 0 amide bonds. The second-order valence-electron chi connectivity index (χ2n) is 3.10. The van der Waals surface area contributed by atoms with Crippen LogP contribution in [0.5, 0.6) is 0 Å². The third-order valence-electron chi connectivity index (χ3n) is 2.20. The summed E-state index contributed by atoms with van der Waals surface area (Å²) in [6, 6.07) is 7.74. The minimum absolute atomic E-state index is 0.0526. The zero-order valence-electron chi connectivity index (χ0n) is 7.06. The Hall–Kier alpha value is -1.35. The van der Waals surface area contributed by atoms with E-state index in [4.69, 9.17) is 9.84 Å². The molecule has 1 N–H and O–H groups in total. The summed E-state index contributed by atoms with van der Waals surface area (Å²) >= 11 is 0. The average Bonchev–Trinajstić information content (AvgIpc) is 2.48. The summed E-state index contributed by atoms with van der Waals surface area (Å²) in [5.74, 6) is -0.818. The van der Waals surface area contributed by atoms with Crippen LogP contribution in [0, 0.1) is 0 Å². The molecule has 13 heavy (non-hydrogen) atoms. The molecule has 1 atom stereocenters. The Morgan fingerprint density at radius 3 is 3.08 bits per heavy atom. The third-order valence-corrected chi connectivity index (χ3v) is 2.20. The Kier molecular flexibility index (Phi) is 2.02. The molecule has 3 heteroatoms. The van der Waals surface area contributed by atoms with Crippen molar-refractivity contribution in [3.63, 3.8) is 0 Å². The van der Waals surface area contributed by atoms with Crippen LogP contribution >= 0.6 is 0 Å². The van der Waals surface area contributed by atoms with E-state index in [2.05, 4.69) is 0 Å². The first-order chi connectivity index (χ1) is 6.27. The Morgan fingerprint density at radius 1 is 1.54 bits per heavy atom. The molecule has 0 saturated carbocycles. The van der Waals surface area contributed by atoms with E-state index in [0.717, 1.165) is 11.1 Å². The summed E-state index contributed by atoms with van der Waals surface area (Å²) in [7, 11) is 0. The van der Waals surface area contributed by atoms with Gasteiger partial charge in [-0.05, 0) is 11.1 Å². The van der Waals surface area contributed by atoms with Crippen LogP contribution in [0.15, 0.2) is 24.3 Å². The Labute approximate surface area is 76.0 Å². The zero-order chi connectivity index (χ0) is 9.26. The highest BCUT2D eigenvalue weighted by molar-refractivity contribution is 5.68. The SMILES string of the molecule is O=C(O)C[C@@H]1OCc2ccccc21. The standard InChI is InChI=1S/C10H10O3/c11-10(12)5-9-8-4-2-1-3-7(8)6-13-9/h1-4,9H,5-6H2,(H,11,12)/t9-/m0/s1. The number of fused-ring (bicyclic) bond motifs is 1. The lowest BCUT2D eigenvalue weighted by Gasteiger charge is -2.06. The van der Waals surface area contributed by atoms with Gasteiger partial charge in [-0.15, -0.1) is 0 Å². The van der Waals surface area contributed by atoms with Crippen molar-refractivity contribution < 1.29 is 14.6 Å².